The molecule has 0 aromatic heterocycles. The largest absolute Gasteiger partial charge is 0.389 e. The Morgan fingerprint density at radius 3 is 2.81 bits per heavy atom. The third-order valence-electron chi connectivity index (χ3n) is 2.61. The zero-order chi connectivity index (χ0) is 12.2. The molecule has 2 nitrogen and oxygen atoms in total. The third-order valence-corrected chi connectivity index (χ3v) is 2.91. The molecule has 0 amide bonds. The Bertz CT molecular complexity index is 355. The summed E-state index contributed by atoms with van der Waals surface area (Å²) in [6.45, 7) is 4.44. The first-order valence-corrected chi connectivity index (χ1v) is 5.70. The summed E-state index contributed by atoms with van der Waals surface area (Å²) in [6, 6.07) is 4.90. The molecule has 0 radical (unpaired) electrons. The molecule has 0 fully saturated rings. The summed E-state index contributed by atoms with van der Waals surface area (Å²) >= 11 is 5.66. The van der Waals surface area contributed by atoms with Gasteiger partial charge in [-0.15, -0.1) is 0 Å². The number of hydrogen-bond acceptors (Lipinski definition) is 2. The second-order valence-corrected chi connectivity index (χ2v) is 4.57. The van der Waals surface area contributed by atoms with Crippen LogP contribution >= 0.6 is 11.6 Å². The summed E-state index contributed by atoms with van der Waals surface area (Å²) in [4.78, 5) is 0. The van der Waals surface area contributed by atoms with Crippen LogP contribution in [-0.4, -0.2) is 17.3 Å². The van der Waals surface area contributed by atoms with Gasteiger partial charge in [-0.1, -0.05) is 30.7 Å². The number of benzene rings is 1. The Labute approximate surface area is 100 Å². The Morgan fingerprint density at radius 1 is 1.50 bits per heavy atom. The fourth-order valence-electron chi connectivity index (χ4n) is 1.28. The van der Waals surface area contributed by atoms with Crippen LogP contribution in [0.3, 0.4) is 0 Å². The van der Waals surface area contributed by atoms with Crippen LogP contribution in [0.25, 0.3) is 0 Å². The maximum atomic E-state index is 13.5. The van der Waals surface area contributed by atoms with Gasteiger partial charge in [0.25, 0.3) is 0 Å². The van der Waals surface area contributed by atoms with Crippen LogP contribution in [0.5, 0.6) is 0 Å². The van der Waals surface area contributed by atoms with E-state index in [0.29, 0.717) is 25.1 Å². The van der Waals surface area contributed by atoms with Crippen LogP contribution in [0.1, 0.15) is 25.8 Å². The van der Waals surface area contributed by atoms with E-state index in [1.165, 1.54) is 6.07 Å². The van der Waals surface area contributed by atoms with Crippen molar-refractivity contribution in [3.05, 3.63) is 34.6 Å². The van der Waals surface area contributed by atoms with Crippen LogP contribution < -0.4 is 5.32 Å². The van der Waals surface area contributed by atoms with Gasteiger partial charge in [0.1, 0.15) is 5.82 Å². The van der Waals surface area contributed by atoms with E-state index in [0.717, 1.165) is 0 Å². The molecule has 4 heteroatoms. The van der Waals surface area contributed by atoms with E-state index < -0.39 is 11.4 Å². The van der Waals surface area contributed by atoms with Gasteiger partial charge in [0, 0.05) is 18.7 Å². The maximum absolute atomic E-state index is 13.5. The number of rotatable bonds is 5. The van der Waals surface area contributed by atoms with Crippen LogP contribution in [0, 0.1) is 5.82 Å². The van der Waals surface area contributed by atoms with Gasteiger partial charge >= 0.3 is 0 Å². The van der Waals surface area contributed by atoms with Gasteiger partial charge in [0.2, 0.25) is 0 Å². The minimum absolute atomic E-state index is 0.126. The molecule has 1 unspecified atom stereocenters. The highest BCUT2D eigenvalue weighted by atomic mass is 35.5. The van der Waals surface area contributed by atoms with Crippen molar-refractivity contribution in [2.24, 2.45) is 0 Å². The lowest BCUT2D eigenvalue weighted by Crippen LogP contribution is -2.36. The summed E-state index contributed by atoms with van der Waals surface area (Å²) in [6.07, 6.45) is 0.651. The molecule has 0 bridgehead atoms. The molecule has 1 aromatic carbocycles. The van der Waals surface area contributed by atoms with E-state index in [1.807, 2.05) is 6.92 Å². The van der Waals surface area contributed by atoms with Crippen LogP contribution in [0.15, 0.2) is 18.2 Å². The summed E-state index contributed by atoms with van der Waals surface area (Å²) in [5.41, 5.74) is -0.242. The minimum Gasteiger partial charge on any atom is -0.389 e. The molecule has 1 aromatic rings. The van der Waals surface area contributed by atoms with Crippen molar-refractivity contribution in [1.82, 2.24) is 5.32 Å². The summed E-state index contributed by atoms with van der Waals surface area (Å²) in [5.74, 6) is -0.396. The molecule has 90 valence electrons. The van der Waals surface area contributed by atoms with E-state index in [2.05, 4.69) is 5.32 Å². The number of aliphatic hydroxyl groups is 1. The average molecular weight is 246 g/mol. The molecule has 1 atom stereocenters. The standard InChI is InChI=1S/C12H17ClFNO/c1-3-12(2,16)8-15-7-9-5-4-6-10(13)11(9)14/h4-6,15-16H,3,7-8H2,1-2H3. The van der Waals surface area contributed by atoms with Crippen LogP contribution in [-0.2, 0) is 6.54 Å². The fourth-order valence-corrected chi connectivity index (χ4v) is 1.47. The molecular formula is C12H17ClFNO. The first-order valence-electron chi connectivity index (χ1n) is 5.32. The van der Waals surface area contributed by atoms with Crippen LogP contribution in [0.4, 0.5) is 4.39 Å². The summed E-state index contributed by atoms with van der Waals surface area (Å²) in [5, 5.41) is 12.9. The number of nitrogens with one attached hydrogen (secondary N) is 1. The molecule has 0 saturated heterocycles. The van der Waals surface area contributed by atoms with Crippen molar-refractivity contribution >= 4 is 11.6 Å². The number of halogens is 2. The van der Waals surface area contributed by atoms with E-state index >= 15 is 0 Å². The lowest BCUT2D eigenvalue weighted by Gasteiger charge is -2.21. The zero-order valence-electron chi connectivity index (χ0n) is 9.56. The molecular weight excluding hydrogens is 229 g/mol. The zero-order valence-corrected chi connectivity index (χ0v) is 10.3. The van der Waals surface area contributed by atoms with Gasteiger partial charge in [0.15, 0.2) is 0 Å². The average Bonchev–Trinajstić information content (AvgIpc) is 2.24. The van der Waals surface area contributed by atoms with Gasteiger partial charge in [-0.05, 0) is 19.4 Å². The van der Waals surface area contributed by atoms with Crippen molar-refractivity contribution in [3.8, 4) is 0 Å². The highest BCUT2D eigenvalue weighted by molar-refractivity contribution is 6.30. The van der Waals surface area contributed by atoms with Gasteiger partial charge in [-0.3, -0.25) is 0 Å². The number of hydrogen-bond donors (Lipinski definition) is 2. The maximum Gasteiger partial charge on any atom is 0.146 e. The molecule has 16 heavy (non-hydrogen) atoms. The molecule has 0 aliphatic heterocycles. The topological polar surface area (TPSA) is 32.3 Å². The highest BCUT2D eigenvalue weighted by Gasteiger charge is 2.16. The molecule has 0 spiro atoms. The molecule has 1 rings (SSSR count). The van der Waals surface area contributed by atoms with Gasteiger partial charge < -0.3 is 10.4 Å². The molecule has 0 aliphatic carbocycles. The van der Waals surface area contributed by atoms with Gasteiger partial charge in [-0.2, -0.15) is 0 Å². The Hall–Kier alpha value is -0.640. The smallest absolute Gasteiger partial charge is 0.146 e. The summed E-state index contributed by atoms with van der Waals surface area (Å²) in [7, 11) is 0. The monoisotopic (exact) mass is 245 g/mol. The Kier molecular flexibility index (Phi) is 4.71. The summed E-state index contributed by atoms with van der Waals surface area (Å²) < 4.78 is 13.5. The van der Waals surface area contributed by atoms with Crippen LogP contribution in [0.2, 0.25) is 5.02 Å². The van der Waals surface area contributed by atoms with Gasteiger partial charge in [-0.25, -0.2) is 4.39 Å². The molecule has 0 saturated carbocycles. The Morgan fingerprint density at radius 2 is 2.19 bits per heavy atom. The molecule has 0 aliphatic rings. The van der Waals surface area contributed by atoms with E-state index in [9.17, 15) is 9.50 Å². The van der Waals surface area contributed by atoms with Crippen molar-refractivity contribution < 1.29 is 9.50 Å². The van der Waals surface area contributed by atoms with Crippen molar-refractivity contribution in [1.29, 1.82) is 0 Å². The quantitative estimate of drug-likeness (QED) is 0.836. The predicted molar refractivity (Wildman–Crippen MR) is 64.0 cm³/mol. The van der Waals surface area contributed by atoms with Crippen molar-refractivity contribution in [2.45, 2.75) is 32.4 Å². The minimum atomic E-state index is -0.755. The van der Waals surface area contributed by atoms with Crippen molar-refractivity contribution in [2.75, 3.05) is 6.54 Å². The third kappa shape index (κ3) is 3.74. The lowest BCUT2D eigenvalue weighted by atomic mass is 10.0. The van der Waals surface area contributed by atoms with E-state index in [1.54, 1.807) is 19.1 Å². The van der Waals surface area contributed by atoms with E-state index in [-0.39, 0.29) is 5.02 Å². The second-order valence-electron chi connectivity index (χ2n) is 4.17. The van der Waals surface area contributed by atoms with E-state index in [4.69, 9.17) is 11.6 Å². The SMILES string of the molecule is CCC(C)(O)CNCc1cccc(Cl)c1F. The lowest BCUT2D eigenvalue weighted by molar-refractivity contribution is 0.0555. The van der Waals surface area contributed by atoms with Crippen molar-refractivity contribution in [3.63, 3.8) is 0 Å². The fraction of sp³-hybridized carbons (Fsp3) is 0.500. The molecule has 0 heterocycles. The molecule has 2 N–H and O–H groups in total. The van der Waals surface area contributed by atoms with Gasteiger partial charge in [0.05, 0.1) is 10.6 Å². The first kappa shape index (κ1) is 13.4. The first-order chi connectivity index (χ1) is 7.46. The predicted octanol–water partition coefficient (Wildman–Crippen LogP) is 2.73. The second kappa shape index (κ2) is 5.62. The normalized spacial score (nSPS) is 14.8. The Balaban J connectivity index is 2.53. The highest BCUT2D eigenvalue weighted by Crippen LogP contribution is 2.17.